The van der Waals surface area contributed by atoms with Crippen LogP contribution in [0.1, 0.15) is 24.8 Å². The highest BCUT2D eigenvalue weighted by molar-refractivity contribution is 14.0. The number of hydrogen-bond acceptors (Lipinski definition) is 4. The van der Waals surface area contributed by atoms with E-state index in [1.165, 1.54) is 37.9 Å². The van der Waals surface area contributed by atoms with Crippen LogP contribution in [0.15, 0.2) is 23.2 Å². The Labute approximate surface area is 168 Å². The number of likely N-dealkylation sites (tertiary alicyclic amines) is 1. The number of ether oxygens (including phenoxy) is 2. The lowest BCUT2D eigenvalue weighted by molar-refractivity contribution is 0.235. The van der Waals surface area contributed by atoms with Gasteiger partial charge >= 0.3 is 0 Å². The van der Waals surface area contributed by atoms with E-state index in [1.54, 1.807) is 14.2 Å². The minimum atomic E-state index is 0. The van der Waals surface area contributed by atoms with E-state index < -0.39 is 0 Å². The quantitative estimate of drug-likeness (QED) is 0.352. The van der Waals surface area contributed by atoms with Crippen LogP contribution in [-0.4, -0.2) is 57.8 Å². The predicted octanol–water partition coefficient (Wildman–Crippen LogP) is 2.25. The second kappa shape index (κ2) is 12.2. The van der Waals surface area contributed by atoms with Crippen LogP contribution in [0.4, 0.5) is 0 Å². The second-order valence-electron chi connectivity index (χ2n) is 6.04. The molecule has 3 N–H and O–H groups in total. The van der Waals surface area contributed by atoms with Gasteiger partial charge in [0.2, 0.25) is 0 Å². The Morgan fingerprint density at radius 1 is 1.16 bits per heavy atom. The number of methoxy groups -OCH3 is 2. The Hall–Kier alpha value is -1.22. The first-order valence-electron chi connectivity index (χ1n) is 8.70. The molecule has 0 saturated carbocycles. The zero-order chi connectivity index (χ0) is 17.2. The van der Waals surface area contributed by atoms with E-state index in [9.17, 15) is 0 Å². The van der Waals surface area contributed by atoms with Gasteiger partial charge in [-0.1, -0.05) is 12.5 Å². The molecule has 1 fully saturated rings. The van der Waals surface area contributed by atoms with E-state index in [0.717, 1.165) is 37.6 Å². The van der Waals surface area contributed by atoms with Crippen LogP contribution in [-0.2, 0) is 6.42 Å². The molecule has 0 aromatic heterocycles. The number of nitrogens with zero attached hydrogens (tertiary/aromatic N) is 2. The van der Waals surface area contributed by atoms with Gasteiger partial charge in [-0.05, 0) is 50.0 Å². The van der Waals surface area contributed by atoms with Crippen molar-refractivity contribution in [2.24, 2.45) is 10.7 Å². The Kier molecular flexibility index (Phi) is 10.6. The van der Waals surface area contributed by atoms with Gasteiger partial charge in [-0.15, -0.1) is 24.0 Å². The first kappa shape index (κ1) is 21.8. The molecule has 25 heavy (non-hydrogen) atoms. The number of hydrogen-bond donors (Lipinski definition) is 2. The van der Waals surface area contributed by atoms with Crippen LogP contribution in [0.5, 0.6) is 11.5 Å². The first-order valence-corrected chi connectivity index (χ1v) is 8.70. The summed E-state index contributed by atoms with van der Waals surface area (Å²) in [5, 5.41) is 3.17. The van der Waals surface area contributed by atoms with E-state index in [0.29, 0.717) is 5.96 Å². The number of benzene rings is 1. The molecule has 142 valence electrons. The highest BCUT2D eigenvalue weighted by Gasteiger charge is 2.08. The van der Waals surface area contributed by atoms with Gasteiger partial charge in [0.05, 0.1) is 20.8 Å². The molecule has 7 heteroatoms. The third-order valence-electron chi connectivity index (χ3n) is 4.31. The molecule has 1 heterocycles. The van der Waals surface area contributed by atoms with Crippen LogP contribution in [0, 0.1) is 0 Å². The fraction of sp³-hybridized carbons (Fsp3) is 0.611. The van der Waals surface area contributed by atoms with Crippen molar-refractivity contribution in [3.8, 4) is 11.5 Å². The topological polar surface area (TPSA) is 72.1 Å². The maximum absolute atomic E-state index is 5.93. The summed E-state index contributed by atoms with van der Waals surface area (Å²) >= 11 is 0. The summed E-state index contributed by atoms with van der Waals surface area (Å²) in [6.45, 7) is 4.89. The van der Waals surface area contributed by atoms with Crippen molar-refractivity contribution in [1.29, 1.82) is 0 Å². The number of nitrogens with one attached hydrogen (secondary N) is 1. The zero-order valence-electron chi connectivity index (χ0n) is 15.3. The van der Waals surface area contributed by atoms with Gasteiger partial charge in [0.15, 0.2) is 17.5 Å². The third kappa shape index (κ3) is 7.68. The van der Waals surface area contributed by atoms with E-state index in [4.69, 9.17) is 15.2 Å². The molecule has 1 aromatic rings. The maximum atomic E-state index is 5.93. The normalized spacial score (nSPS) is 15.4. The van der Waals surface area contributed by atoms with E-state index in [1.807, 2.05) is 18.2 Å². The van der Waals surface area contributed by atoms with Crippen molar-refractivity contribution in [2.45, 2.75) is 25.7 Å². The summed E-state index contributed by atoms with van der Waals surface area (Å²) in [6.07, 6.45) is 4.83. The molecule has 0 radical (unpaired) electrons. The molecule has 2 rings (SSSR count). The Morgan fingerprint density at radius 3 is 2.56 bits per heavy atom. The minimum Gasteiger partial charge on any atom is -0.493 e. The van der Waals surface area contributed by atoms with Gasteiger partial charge < -0.3 is 25.4 Å². The minimum absolute atomic E-state index is 0. The summed E-state index contributed by atoms with van der Waals surface area (Å²) in [7, 11) is 3.28. The molecule has 0 spiro atoms. The highest BCUT2D eigenvalue weighted by atomic mass is 127. The largest absolute Gasteiger partial charge is 0.493 e. The van der Waals surface area contributed by atoms with E-state index in [-0.39, 0.29) is 24.0 Å². The number of nitrogens with two attached hydrogens (primary N) is 1. The first-order chi connectivity index (χ1) is 11.7. The molecule has 1 aromatic carbocycles. The average Bonchev–Trinajstić information content (AvgIpc) is 2.62. The van der Waals surface area contributed by atoms with Crippen LogP contribution in [0.25, 0.3) is 0 Å². The number of guanidine groups is 1. The fourth-order valence-electron chi connectivity index (χ4n) is 2.92. The molecule has 0 aliphatic carbocycles. The summed E-state index contributed by atoms with van der Waals surface area (Å²) in [4.78, 5) is 6.87. The maximum Gasteiger partial charge on any atom is 0.188 e. The standard InChI is InChI=1S/C18H30N4O2.HI/c1-23-16-7-6-15(14-17(16)24-2)8-9-20-18(19)21-10-13-22-11-4-3-5-12-22;/h6-7,14H,3-5,8-13H2,1-2H3,(H3,19,20,21);1H. The number of aliphatic imine (C=N–C) groups is 1. The molecule has 1 aliphatic heterocycles. The summed E-state index contributed by atoms with van der Waals surface area (Å²) in [5.74, 6) is 2.01. The van der Waals surface area contributed by atoms with Crippen LogP contribution in [0.3, 0.4) is 0 Å². The summed E-state index contributed by atoms with van der Waals surface area (Å²) in [6, 6.07) is 5.95. The Morgan fingerprint density at radius 2 is 1.88 bits per heavy atom. The van der Waals surface area contributed by atoms with E-state index in [2.05, 4.69) is 15.2 Å². The van der Waals surface area contributed by atoms with Gasteiger partial charge in [0.1, 0.15) is 0 Å². The summed E-state index contributed by atoms with van der Waals surface area (Å²) < 4.78 is 10.6. The molecule has 6 nitrogen and oxygen atoms in total. The molecule has 0 unspecified atom stereocenters. The molecule has 0 atom stereocenters. The van der Waals surface area contributed by atoms with Gasteiger partial charge in [0.25, 0.3) is 0 Å². The van der Waals surface area contributed by atoms with Gasteiger partial charge in [-0.25, -0.2) is 0 Å². The molecular weight excluding hydrogens is 431 g/mol. The number of halogens is 1. The fourth-order valence-corrected chi connectivity index (χ4v) is 2.92. The monoisotopic (exact) mass is 462 g/mol. The van der Waals surface area contributed by atoms with Crippen molar-refractivity contribution < 1.29 is 9.47 Å². The number of piperidine rings is 1. The van der Waals surface area contributed by atoms with Gasteiger partial charge in [-0.3, -0.25) is 4.99 Å². The zero-order valence-corrected chi connectivity index (χ0v) is 17.6. The van der Waals surface area contributed by atoms with Gasteiger partial charge in [-0.2, -0.15) is 0 Å². The van der Waals surface area contributed by atoms with Crippen molar-refractivity contribution in [3.05, 3.63) is 23.8 Å². The van der Waals surface area contributed by atoms with Gasteiger partial charge in [0, 0.05) is 13.1 Å². The predicted molar refractivity (Wildman–Crippen MR) is 113 cm³/mol. The van der Waals surface area contributed by atoms with E-state index >= 15 is 0 Å². The van der Waals surface area contributed by atoms with Crippen molar-refractivity contribution in [3.63, 3.8) is 0 Å². The second-order valence-corrected chi connectivity index (χ2v) is 6.04. The molecule has 0 bridgehead atoms. The lowest BCUT2D eigenvalue weighted by Crippen LogP contribution is -2.35. The average molecular weight is 462 g/mol. The lowest BCUT2D eigenvalue weighted by Gasteiger charge is -2.25. The Balaban J connectivity index is 0.00000312. The SMILES string of the molecule is COc1ccc(CCNC(N)=NCCN2CCCCC2)cc1OC.I. The van der Waals surface area contributed by atoms with Crippen molar-refractivity contribution in [1.82, 2.24) is 10.2 Å². The molecule has 0 amide bonds. The van der Waals surface area contributed by atoms with Crippen molar-refractivity contribution >= 4 is 29.9 Å². The molecular formula is C18H31IN4O2. The Bertz CT molecular complexity index is 534. The molecule has 1 aliphatic rings. The molecule has 1 saturated heterocycles. The van der Waals surface area contributed by atoms with Crippen LogP contribution >= 0.6 is 24.0 Å². The third-order valence-corrected chi connectivity index (χ3v) is 4.31. The highest BCUT2D eigenvalue weighted by Crippen LogP contribution is 2.27. The smallest absolute Gasteiger partial charge is 0.188 e. The summed E-state index contributed by atoms with van der Waals surface area (Å²) in [5.41, 5.74) is 7.10. The lowest BCUT2D eigenvalue weighted by atomic mass is 10.1. The van der Waals surface area contributed by atoms with Crippen LogP contribution < -0.4 is 20.5 Å². The number of rotatable bonds is 8. The van der Waals surface area contributed by atoms with Crippen LogP contribution in [0.2, 0.25) is 0 Å². The van der Waals surface area contributed by atoms with Crippen molar-refractivity contribution in [2.75, 3.05) is 46.9 Å².